The van der Waals surface area contributed by atoms with E-state index in [9.17, 15) is 4.79 Å². The molecule has 1 fully saturated rings. The van der Waals surface area contributed by atoms with Gasteiger partial charge in [0, 0.05) is 0 Å². The summed E-state index contributed by atoms with van der Waals surface area (Å²) < 4.78 is 10.5. The molecule has 0 spiro atoms. The molecule has 0 saturated carbocycles. The van der Waals surface area contributed by atoms with Gasteiger partial charge in [0.1, 0.15) is 0 Å². The Kier molecular flexibility index (Phi) is 5.44. The summed E-state index contributed by atoms with van der Waals surface area (Å²) >= 11 is 0. The molecule has 1 aromatic carbocycles. The molecule has 116 valence electrons. The van der Waals surface area contributed by atoms with E-state index in [4.69, 9.17) is 9.47 Å². The number of nitrogens with one attached hydrogen (secondary N) is 2. The fraction of sp³-hybridized carbons (Fsp3) is 0.562. The summed E-state index contributed by atoms with van der Waals surface area (Å²) in [5.74, 6) is 1.43. The Morgan fingerprint density at radius 3 is 2.67 bits per heavy atom. The molecule has 2 atom stereocenters. The first-order valence-corrected chi connectivity index (χ1v) is 7.41. The summed E-state index contributed by atoms with van der Waals surface area (Å²) in [4.78, 5) is 12.2. The van der Waals surface area contributed by atoms with Crippen LogP contribution in [0.5, 0.6) is 11.5 Å². The van der Waals surface area contributed by atoms with Crippen molar-refractivity contribution < 1.29 is 14.3 Å². The molecule has 1 unspecified atom stereocenters. The zero-order chi connectivity index (χ0) is 15.2. The van der Waals surface area contributed by atoms with Crippen LogP contribution < -0.4 is 20.1 Å². The molecule has 2 N–H and O–H groups in total. The van der Waals surface area contributed by atoms with Gasteiger partial charge in [0.15, 0.2) is 11.5 Å². The van der Waals surface area contributed by atoms with Crippen molar-refractivity contribution in [1.29, 1.82) is 0 Å². The van der Waals surface area contributed by atoms with Crippen LogP contribution >= 0.6 is 0 Å². The third-order valence-corrected chi connectivity index (χ3v) is 3.89. The average molecular weight is 292 g/mol. The van der Waals surface area contributed by atoms with E-state index in [1.165, 1.54) is 0 Å². The summed E-state index contributed by atoms with van der Waals surface area (Å²) in [5.41, 5.74) is 0.997. The molecule has 1 amide bonds. The first kappa shape index (κ1) is 15.6. The van der Waals surface area contributed by atoms with Gasteiger partial charge in [-0.3, -0.25) is 4.79 Å². The molecule has 21 heavy (non-hydrogen) atoms. The summed E-state index contributed by atoms with van der Waals surface area (Å²) in [6, 6.07) is 5.57. The minimum Gasteiger partial charge on any atom is -0.493 e. The lowest BCUT2D eigenvalue weighted by atomic mass is 10.0. The third-order valence-electron chi connectivity index (χ3n) is 3.89. The Bertz CT molecular complexity index is 484. The number of piperidine rings is 1. The lowest BCUT2D eigenvalue weighted by molar-refractivity contribution is -0.124. The predicted octanol–water partition coefficient (Wildman–Crippen LogP) is 2.02. The van der Waals surface area contributed by atoms with Gasteiger partial charge in [-0.05, 0) is 44.0 Å². The van der Waals surface area contributed by atoms with Crippen LogP contribution in [0.15, 0.2) is 18.2 Å². The SMILES string of the molecule is COc1ccc(C(C)NC(=O)[C@@H]2CCCCN2)cc1OC. The zero-order valence-corrected chi connectivity index (χ0v) is 12.9. The van der Waals surface area contributed by atoms with E-state index in [0.717, 1.165) is 31.4 Å². The third kappa shape index (κ3) is 3.88. The van der Waals surface area contributed by atoms with Crippen molar-refractivity contribution in [2.24, 2.45) is 0 Å². The molecule has 1 heterocycles. The van der Waals surface area contributed by atoms with E-state index in [2.05, 4.69) is 10.6 Å². The maximum Gasteiger partial charge on any atom is 0.237 e. The second kappa shape index (κ2) is 7.31. The molecular formula is C16H24N2O3. The van der Waals surface area contributed by atoms with Crippen LogP contribution in [0.4, 0.5) is 0 Å². The van der Waals surface area contributed by atoms with E-state index in [1.54, 1.807) is 14.2 Å². The normalized spacial score (nSPS) is 19.7. The van der Waals surface area contributed by atoms with Gasteiger partial charge in [0.25, 0.3) is 0 Å². The van der Waals surface area contributed by atoms with Gasteiger partial charge in [-0.2, -0.15) is 0 Å². The lowest BCUT2D eigenvalue weighted by Crippen LogP contribution is -2.47. The van der Waals surface area contributed by atoms with Crippen molar-refractivity contribution >= 4 is 5.91 Å². The van der Waals surface area contributed by atoms with Crippen molar-refractivity contribution in [2.45, 2.75) is 38.3 Å². The second-order valence-corrected chi connectivity index (χ2v) is 5.35. The fourth-order valence-corrected chi connectivity index (χ4v) is 2.60. The number of methoxy groups -OCH3 is 2. The van der Waals surface area contributed by atoms with Crippen LogP contribution in [-0.4, -0.2) is 32.7 Å². The number of carbonyl (C=O) groups is 1. The van der Waals surface area contributed by atoms with E-state index in [0.29, 0.717) is 11.5 Å². The van der Waals surface area contributed by atoms with Gasteiger partial charge in [-0.1, -0.05) is 12.5 Å². The molecule has 5 heteroatoms. The Balaban J connectivity index is 2.02. The van der Waals surface area contributed by atoms with Gasteiger partial charge in [0.05, 0.1) is 26.3 Å². The molecular weight excluding hydrogens is 268 g/mol. The summed E-state index contributed by atoms with van der Waals surface area (Å²) in [6.45, 7) is 2.89. The Morgan fingerprint density at radius 1 is 1.29 bits per heavy atom. The maximum atomic E-state index is 12.2. The van der Waals surface area contributed by atoms with Gasteiger partial charge in [-0.25, -0.2) is 0 Å². The molecule has 1 saturated heterocycles. The zero-order valence-electron chi connectivity index (χ0n) is 12.9. The summed E-state index contributed by atoms with van der Waals surface area (Å²) in [5, 5.41) is 6.32. The van der Waals surface area contributed by atoms with Gasteiger partial charge >= 0.3 is 0 Å². The molecule has 0 radical (unpaired) electrons. The maximum absolute atomic E-state index is 12.2. The number of amides is 1. The Morgan fingerprint density at radius 2 is 2.05 bits per heavy atom. The van der Waals surface area contributed by atoms with E-state index in [-0.39, 0.29) is 18.0 Å². The quantitative estimate of drug-likeness (QED) is 0.872. The van der Waals surface area contributed by atoms with Gasteiger partial charge in [-0.15, -0.1) is 0 Å². The summed E-state index contributed by atoms with van der Waals surface area (Å²) in [7, 11) is 3.22. The topological polar surface area (TPSA) is 59.6 Å². The monoisotopic (exact) mass is 292 g/mol. The Hall–Kier alpha value is -1.75. The van der Waals surface area contributed by atoms with Crippen LogP contribution in [-0.2, 0) is 4.79 Å². The van der Waals surface area contributed by atoms with E-state index >= 15 is 0 Å². The number of benzene rings is 1. The molecule has 1 aliphatic rings. The minimum absolute atomic E-state index is 0.0667. The Labute approximate surface area is 126 Å². The van der Waals surface area contributed by atoms with Crippen LogP contribution in [0, 0.1) is 0 Å². The molecule has 2 rings (SSSR count). The van der Waals surface area contributed by atoms with E-state index in [1.807, 2.05) is 25.1 Å². The van der Waals surface area contributed by atoms with E-state index < -0.39 is 0 Å². The van der Waals surface area contributed by atoms with Crippen molar-refractivity contribution in [3.8, 4) is 11.5 Å². The van der Waals surface area contributed by atoms with Crippen LogP contribution in [0.1, 0.15) is 37.8 Å². The molecule has 1 aromatic rings. The number of hydrogen-bond donors (Lipinski definition) is 2. The second-order valence-electron chi connectivity index (χ2n) is 5.35. The molecule has 0 aliphatic carbocycles. The average Bonchev–Trinajstić information content (AvgIpc) is 2.54. The molecule has 0 bridgehead atoms. The van der Waals surface area contributed by atoms with Crippen molar-refractivity contribution in [2.75, 3.05) is 20.8 Å². The lowest BCUT2D eigenvalue weighted by Gasteiger charge is -2.25. The highest BCUT2D eigenvalue weighted by molar-refractivity contribution is 5.82. The van der Waals surface area contributed by atoms with Crippen LogP contribution in [0.2, 0.25) is 0 Å². The molecule has 0 aromatic heterocycles. The van der Waals surface area contributed by atoms with Gasteiger partial charge < -0.3 is 20.1 Å². The van der Waals surface area contributed by atoms with Crippen molar-refractivity contribution in [3.63, 3.8) is 0 Å². The smallest absolute Gasteiger partial charge is 0.237 e. The van der Waals surface area contributed by atoms with Crippen molar-refractivity contribution in [1.82, 2.24) is 10.6 Å². The number of rotatable bonds is 5. The largest absolute Gasteiger partial charge is 0.493 e. The highest BCUT2D eigenvalue weighted by Crippen LogP contribution is 2.29. The first-order chi connectivity index (χ1) is 10.2. The standard InChI is InChI=1S/C16H24N2O3/c1-11(18-16(19)13-6-4-5-9-17-13)12-7-8-14(20-2)15(10-12)21-3/h7-8,10-11,13,17H,4-6,9H2,1-3H3,(H,18,19)/t11?,13-/m0/s1. The highest BCUT2D eigenvalue weighted by Gasteiger charge is 2.22. The summed E-state index contributed by atoms with van der Waals surface area (Å²) in [6.07, 6.45) is 3.16. The molecule has 1 aliphatic heterocycles. The first-order valence-electron chi connectivity index (χ1n) is 7.41. The predicted molar refractivity (Wildman–Crippen MR) is 81.7 cm³/mol. The highest BCUT2D eigenvalue weighted by atomic mass is 16.5. The number of hydrogen-bond acceptors (Lipinski definition) is 4. The van der Waals surface area contributed by atoms with Crippen LogP contribution in [0.25, 0.3) is 0 Å². The van der Waals surface area contributed by atoms with Crippen LogP contribution in [0.3, 0.4) is 0 Å². The fourth-order valence-electron chi connectivity index (χ4n) is 2.60. The number of carbonyl (C=O) groups excluding carboxylic acids is 1. The van der Waals surface area contributed by atoms with Crippen molar-refractivity contribution in [3.05, 3.63) is 23.8 Å². The number of ether oxygens (including phenoxy) is 2. The minimum atomic E-state index is -0.0685. The van der Waals surface area contributed by atoms with Gasteiger partial charge in [0.2, 0.25) is 5.91 Å². The molecule has 5 nitrogen and oxygen atoms in total.